The quantitative estimate of drug-likeness (QED) is 0.381. The molecule has 0 radical (unpaired) electrons. The second-order valence-corrected chi connectivity index (χ2v) is 6.61. The van der Waals surface area contributed by atoms with Gasteiger partial charge in [0.25, 0.3) is 0 Å². The number of hydrogen-bond acceptors (Lipinski definition) is 2. The Morgan fingerprint density at radius 3 is 2.52 bits per heavy atom. The zero-order chi connectivity index (χ0) is 15.5. The number of rotatable bonds is 13. The second-order valence-electron chi connectivity index (χ2n) is 6.61. The van der Waals surface area contributed by atoms with E-state index in [9.17, 15) is 9.90 Å². The lowest BCUT2D eigenvalue weighted by Crippen LogP contribution is -2.20. The maximum absolute atomic E-state index is 12.0. The molecule has 3 atom stereocenters. The molecule has 0 amide bonds. The fourth-order valence-electron chi connectivity index (χ4n) is 2.96. The highest BCUT2D eigenvalue weighted by Gasteiger charge is 2.38. The summed E-state index contributed by atoms with van der Waals surface area (Å²) in [6.45, 7) is 4.36. The van der Waals surface area contributed by atoms with Crippen LogP contribution in [-0.4, -0.2) is 17.0 Å². The summed E-state index contributed by atoms with van der Waals surface area (Å²) in [7, 11) is 0. The monoisotopic (exact) mass is 294 g/mol. The molecular weight excluding hydrogens is 260 g/mol. The van der Waals surface area contributed by atoms with E-state index >= 15 is 0 Å². The van der Waals surface area contributed by atoms with Crippen LogP contribution in [0.15, 0.2) is 12.2 Å². The summed E-state index contributed by atoms with van der Waals surface area (Å²) < 4.78 is 0. The van der Waals surface area contributed by atoms with Gasteiger partial charge in [-0.05, 0) is 37.5 Å². The van der Waals surface area contributed by atoms with Crippen molar-refractivity contribution in [3.8, 4) is 0 Å². The predicted octanol–water partition coefficient (Wildman–Crippen LogP) is 5.05. The minimum Gasteiger partial charge on any atom is -0.385 e. The van der Waals surface area contributed by atoms with Gasteiger partial charge in [-0.3, -0.25) is 4.79 Å². The summed E-state index contributed by atoms with van der Waals surface area (Å²) in [5.74, 6) is 1.31. The molecule has 122 valence electrons. The van der Waals surface area contributed by atoms with Crippen LogP contribution in [0.3, 0.4) is 0 Å². The first-order valence-electron chi connectivity index (χ1n) is 9.04. The third-order valence-corrected chi connectivity index (χ3v) is 4.58. The Morgan fingerprint density at radius 2 is 1.81 bits per heavy atom. The summed E-state index contributed by atoms with van der Waals surface area (Å²) in [5.41, 5.74) is 0. The molecule has 1 aliphatic rings. The van der Waals surface area contributed by atoms with Gasteiger partial charge in [-0.1, -0.05) is 64.5 Å². The molecule has 1 aliphatic carbocycles. The van der Waals surface area contributed by atoms with Crippen molar-refractivity contribution < 1.29 is 9.90 Å². The Kier molecular flexibility index (Phi) is 9.65. The van der Waals surface area contributed by atoms with Crippen LogP contribution in [0.25, 0.3) is 0 Å². The lowest BCUT2D eigenvalue weighted by atomic mass is 10.0. The number of Topliss-reactive ketones (excluding diaryl/α,β-unsaturated/α-hetero) is 1. The van der Waals surface area contributed by atoms with Gasteiger partial charge in [-0.2, -0.15) is 0 Å². The highest BCUT2D eigenvalue weighted by Crippen LogP contribution is 2.44. The maximum Gasteiger partial charge on any atom is 0.161 e. The van der Waals surface area contributed by atoms with Crippen molar-refractivity contribution >= 4 is 5.78 Å². The first kappa shape index (κ1) is 18.4. The normalized spacial score (nSPS) is 22.6. The summed E-state index contributed by atoms with van der Waals surface area (Å²) >= 11 is 0. The van der Waals surface area contributed by atoms with E-state index in [2.05, 4.69) is 26.0 Å². The van der Waals surface area contributed by atoms with Gasteiger partial charge in [-0.25, -0.2) is 0 Å². The Morgan fingerprint density at radius 1 is 1.10 bits per heavy atom. The van der Waals surface area contributed by atoms with Gasteiger partial charge < -0.3 is 5.11 Å². The van der Waals surface area contributed by atoms with Gasteiger partial charge in [0.05, 0.1) is 0 Å². The number of carbonyl (C=O) groups is 1. The fraction of sp³-hybridized carbons (Fsp3) is 0.842. The van der Waals surface area contributed by atoms with Crippen LogP contribution in [-0.2, 0) is 4.79 Å². The molecule has 0 aliphatic heterocycles. The molecule has 0 aromatic carbocycles. The van der Waals surface area contributed by atoms with Crippen LogP contribution in [0.4, 0.5) is 0 Å². The molecule has 21 heavy (non-hydrogen) atoms. The first-order chi connectivity index (χ1) is 10.2. The number of aliphatic hydroxyl groups is 1. The summed E-state index contributed by atoms with van der Waals surface area (Å²) in [4.78, 5) is 12.0. The van der Waals surface area contributed by atoms with Crippen molar-refractivity contribution in [3.05, 3.63) is 12.2 Å². The first-order valence-corrected chi connectivity index (χ1v) is 9.04. The standard InChI is InChI=1S/C19H34O2/c1-3-5-7-8-9-11-13-18(20)19(21)15-17-14-16(17)12-10-6-4-2/h6,10,16-18,20H,3-5,7-9,11-15H2,1-2H3/b10-6-. The second kappa shape index (κ2) is 11.0. The molecule has 0 bridgehead atoms. The minimum atomic E-state index is -0.705. The fourth-order valence-corrected chi connectivity index (χ4v) is 2.96. The van der Waals surface area contributed by atoms with Crippen LogP contribution in [0.2, 0.25) is 0 Å². The van der Waals surface area contributed by atoms with E-state index in [1.54, 1.807) is 0 Å². The number of hydrogen-bond donors (Lipinski definition) is 1. The maximum atomic E-state index is 12.0. The van der Waals surface area contributed by atoms with Gasteiger partial charge in [0, 0.05) is 6.42 Å². The highest BCUT2D eigenvalue weighted by molar-refractivity contribution is 5.83. The van der Waals surface area contributed by atoms with E-state index in [4.69, 9.17) is 0 Å². The summed E-state index contributed by atoms with van der Waals surface area (Å²) in [6, 6.07) is 0. The average Bonchev–Trinajstić information content (AvgIpc) is 3.20. The van der Waals surface area contributed by atoms with E-state index in [1.807, 2.05) is 0 Å². The van der Waals surface area contributed by atoms with Crippen molar-refractivity contribution in [2.75, 3.05) is 0 Å². The number of unbranched alkanes of at least 4 members (excludes halogenated alkanes) is 5. The largest absolute Gasteiger partial charge is 0.385 e. The van der Waals surface area contributed by atoms with E-state index < -0.39 is 6.10 Å². The lowest BCUT2D eigenvalue weighted by molar-refractivity contribution is -0.127. The van der Waals surface area contributed by atoms with E-state index in [0.717, 1.165) is 25.7 Å². The third kappa shape index (κ3) is 8.40. The summed E-state index contributed by atoms with van der Waals surface area (Å²) in [5, 5.41) is 9.93. The molecule has 1 saturated carbocycles. The number of allylic oxidation sites excluding steroid dienone is 2. The van der Waals surface area contributed by atoms with Crippen molar-refractivity contribution in [1.82, 2.24) is 0 Å². The topological polar surface area (TPSA) is 37.3 Å². The van der Waals surface area contributed by atoms with Crippen LogP contribution in [0.1, 0.15) is 84.5 Å². The number of aliphatic hydroxyl groups excluding tert-OH is 1. The molecule has 0 heterocycles. The van der Waals surface area contributed by atoms with Crippen LogP contribution in [0.5, 0.6) is 0 Å². The number of ketones is 1. The smallest absolute Gasteiger partial charge is 0.161 e. The average molecular weight is 294 g/mol. The van der Waals surface area contributed by atoms with Crippen molar-refractivity contribution in [2.45, 2.75) is 90.6 Å². The number of carbonyl (C=O) groups excluding carboxylic acids is 1. The van der Waals surface area contributed by atoms with E-state index in [1.165, 1.54) is 32.1 Å². The Bertz CT molecular complexity index is 309. The molecule has 3 unspecified atom stereocenters. The van der Waals surface area contributed by atoms with Crippen LogP contribution < -0.4 is 0 Å². The molecule has 1 rings (SSSR count). The van der Waals surface area contributed by atoms with Gasteiger partial charge in [0.2, 0.25) is 0 Å². The van der Waals surface area contributed by atoms with E-state index in [-0.39, 0.29) is 5.78 Å². The zero-order valence-corrected chi connectivity index (χ0v) is 14.0. The van der Waals surface area contributed by atoms with E-state index in [0.29, 0.717) is 24.7 Å². The molecule has 2 heteroatoms. The lowest BCUT2D eigenvalue weighted by Gasteiger charge is -2.09. The Balaban J connectivity index is 2.03. The third-order valence-electron chi connectivity index (χ3n) is 4.58. The molecule has 1 N–H and O–H groups in total. The predicted molar refractivity (Wildman–Crippen MR) is 89.3 cm³/mol. The van der Waals surface area contributed by atoms with Crippen molar-refractivity contribution in [3.63, 3.8) is 0 Å². The van der Waals surface area contributed by atoms with Crippen LogP contribution in [0, 0.1) is 11.8 Å². The van der Waals surface area contributed by atoms with Gasteiger partial charge in [0.1, 0.15) is 6.10 Å². The van der Waals surface area contributed by atoms with Gasteiger partial charge in [0.15, 0.2) is 5.78 Å². The molecule has 2 nitrogen and oxygen atoms in total. The van der Waals surface area contributed by atoms with Crippen molar-refractivity contribution in [2.24, 2.45) is 11.8 Å². The molecular formula is C19H34O2. The molecule has 0 aromatic rings. The van der Waals surface area contributed by atoms with Gasteiger partial charge in [-0.15, -0.1) is 0 Å². The summed E-state index contributed by atoms with van der Waals surface area (Å²) in [6.07, 6.45) is 15.6. The van der Waals surface area contributed by atoms with Crippen LogP contribution >= 0.6 is 0 Å². The molecule has 0 spiro atoms. The molecule has 1 fully saturated rings. The van der Waals surface area contributed by atoms with Gasteiger partial charge >= 0.3 is 0 Å². The Hall–Kier alpha value is -0.630. The highest BCUT2D eigenvalue weighted by atomic mass is 16.3. The zero-order valence-electron chi connectivity index (χ0n) is 14.0. The Labute approximate surface area is 131 Å². The van der Waals surface area contributed by atoms with Crippen molar-refractivity contribution in [1.29, 1.82) is 0 Å². The SMILES string of the molecule is CC/C=C\CC1CC1CC(=O)C(O)CCCCCCCC. The minimum absolute atomic E-state index is 0.0792. The molecule has 0 saturated heterocycles. The molecule has 0 aromatic heterocycles.